The molecule has 0 aromatic carbocycles. The van der Waals surface area contributed by atoms with Crippen LogP contribution in [0.25, 0.3) is 5.52 Å². The second kappa shape index (κ2) is 6.22. The summed E-state index contributed by atoms with van der Waals surface area (Å²) >= 11 is 1.46. The first kappa shape index (κ1) is 15.7. The van der Waals surface area contributed by atoms with Crippen LogP contribution in [0, 0.1) is 18.3 Å². The van der Waals surface area contributed by atoms with Crippen LogP contribution in [0.5, 0.6) is 0 Å². The Morgan fingerprint density at radius 3 is 2.80 bits per heavy atom. The third-order valence-corrected chi connectivity index (χ3v) is 5.53. The number of aromatic nitrogens is 2. The Labute approximate surface area is 149 Å². The maximum Gasteiger partial charge on any atom is 0.255 e. The molecule has 1 fully saturated rings. The number of fused-ring (bicyclic) bond motifs is 1. The number of hydrogen-bond acceptors (Lipinski definition) is 5. The average Bonchev–Trinajstić information content (AvgIpc) is 3.31. The van der Waals surface area contributed by atoms with Crippen LogP contribution in [0.3, 0.4) is 0 Å². The van der Waals surface area contributed by atoms with E-state index < -0.39 is 0 Å². The molecule has 1 amide bonds. The fraction of sp³-hybridized carbons (Fsp3) is 0.278. The zero-order valence-electron chi connectivity index (χ0n) is 13.8. The molecule has 0 radical (unpaired) electrons. The number of carbonyl (C=O) groups excluding carboxylic acids is 1. The molecule has 4 heterocycles. The first-order valence-electron chi connectivity index (χ1n) is 8.12. The van der Waals surface area contributed by atoms with Crippen molar-refractivity contribution < 1.29 is 4.79 Å². The Hall–Kier alpha value is -2.85. The maximum absolute atomic E-state index is 12.9. The van der Waals surface area contributed by atoms with Gasteiger partial charge in [-0.15, -0.1) is 11.3 Å². The number of nitrogens with zero attached hydrogens (tertiary/aromatic N) is 5. The van der Waals surface area contributed by atoms with Crippen LogP contribution in [0.4, 0.5) is 5.69 Å². The minimum Gasteiger partial charge on any atom is -0.366 e. The molecule has 0 atom stereocenters. The average molecular weight is 351 g/mol. The van der Waals surface area contributed by atoms with Crippen LogP contribution in [0.2, 0.25) is 0 Å². The van der Waals surface area contributed by atoms with Gasteiger partial charge in [-0.05, 0) is 30.5 Å². The van der Waals surface area contributed by atoms with E-state index in [4.69, 9.17) is 0 Å². The molecule has 0 saturated carbocycles. The normalized spacial score (nSPS) is 14.7. The summed E-state index contributed by atoms with van der Waals surface area (Å²) < 4.78 is 1.94. The largest absolute Gasteiger partial charge is 0.366 e. The fourth-order valence-electron chi connectivity index (χ4n) is 3.31. The molecule has 126 valence electrons. The lowest BCUT2D eigenvalue weighted by Crippen LogP contribution is -2.49. The Morgan fingerprint density at radius 1 is 1.24 bits per heavy atom. The van der Waals surface area contributed by atoms with Crippen molar-refractivity contribution in [3.63, 3.8) is 0 Å². The van der Waals surface area contributed by atoms with Gasteiger partial charge in [0.1, 0.15) is 10.9 Å². The van der Waals surface area contributed by atoms with Crippen molar-refractivity contribution in [1.82, 2.24) is 14.3 Å². The molecular formula is C18H17N5OS. The van der Waals surface area contributed by atoms with Crippen molar-refractivity contribution >= 4 is 28.4 Å². The number of pyridine rings is 1. The number of carbonyl (C=O) groups is 1. The first-order valence-corrected chi connectivity index (χ1v) is 9.00. The number of rotatable bonds is 2. The zero-order valence-corrected chi connectivity index (χ0v) is 14.7. The molecule has 4 rings (SSSR count). The topological polar surface area (TPSA) is 64.6 Å². The SMILES string of the molecule is Cc1c(C(=O)N2CCN(c3ccsc3C#N)CC2)ccc2cncn12. The molecule has 1 aliphatic rings. The smallest absolute Gasteiger partial charge is 0.255 e. The molecule has 0 N–H and O–H groups in total. The predicted octanol–water partition coefficient (Wildman–Crippen LogP) is 2.54. The van der Waals surface area contributed by atoms with E-state index in [9.17, 15) is 10.1 Å². The number of aryl methyl sites for hydroxylation is 1. The molecule has 3 aromatic rings. The van der Waals surface area contributed by atoms with Gasteiger partial charge in [-0.2, -0.15) is 5.26 Å². The summed E-state index contributed by atoms with van der Waals surface area (Å²) in [5.41, 5.74) is 3.59. The van der Waals surface area contributed by atoms with Crippen molar-refractivity contribution in [3.05, 3.63) is 52.2 Å². The van der Waals surface area contributed by atoms with E-state index in [1.165, 1.54) is 11.3 Å². The van der Waals surface area contributed by atoms with E-state index in [0.29, 0.717) is 18.7 Å². The van der Waals surface area contributed by atoms with Gasteiger partial charge >= 0.3 is 0 Å². The monoisotopic (exact) mass is 351 g/mol. The van der Waals surface area contributed by atoms with Crippen molar-refractivity contribution in [2.24, 2.45) is 0 Å². The minimum absolute atomic E-state index is 0.0542. The van der Waals surface area contributed by atoms with Gasteiger partial charge in [0.2, 0.25) is 0 Å². The van der Waals surface area contributed by atoms with E-state index in [-0.39, 0.29) is 5.91 Å². The van der Waals surface area contributed by atoms with E-state index in [1.54, 1.807) is 12.5 Å². The molecule has 3 aromatic heterocycles. The molecule has 0 spiro atoms. The van der Waals surface area contributed by atoms with E-state index in [1.807, 2.05) is 39.8 Å². The summed E-state index contributed by atoms with van der Waals surface area (Å²) in [5.74, 6) is 0.0542. The van der Waals surface area contributed by atoms with Gasteiger partial charge in [0.25, 0.3) is 5.91 Å². The van der Waals surface area contributed by atoms with Gasteiger partial charge in [0, 0.05) is 31.9 Å². The van der Waals surface area contributed by atoms with Crippen LogP contribution >= 0.6 is 11.3 Å². The highest BCUT2D eigenvalue weighted by Gasteiger charge is 2.25. The van der Waals surface area contributed by atoms with Crippen LogP contribution in [0.1, 0.15) is 20.9 Å². The molecule has 7 heteroatoms. The maximum atomic E-state index is 12.9. The Kier molecular flexibility index (Phi) is 3.90. The van der Waals surface area contributed by atoms with Crippen LogP contribution in [-0.2, 0) is 0 Å². The molecule has 1 saturated heterocycles. The lowest BCUT2D eigenvalue weighted by molar-refractivity contribution is 0.0745. The van der Waals surface area contributed by atoms with Crippen molar-refractivity contribution in [2.75, 3.05) is 31.1 Å². The summed E-state index contributed by atoms with van der Waals surface area (Å²) in [6, 6.07) is 8.03. The molecule has 0 bridgehead atoms. The summed E-state index contributed by atoms with van der Waals surface area (Å²) in [5, 5.41) is 11.1. The lowest BCUT2D eigenvalue weighted by Gasteiger charge is -2.36. The highest BCUT2D eigenvalue weighted by atomic mass is 32.1. The van der Waals surface area contributed by atoms with Crippen LogP contribution in [-0.4, -0.2) is 46.4 Å². The molecule has 0 unspecified atom stereocenters. The Bertz CT molecular complexity index is 975. The Balaban J connectivity index is 1.51. The summed E-state index contributed by atoms with van der Waals surface area (Å²) in [6.07, 6.45) is 3.52. The number of amides is 1. The van der Waals surface area contributed by atoms with Gasteiger partial charge in [-0.25, -0.2) is 4.98 Å². The van der Waals surface area contributed by atoms with E-state index in [2.05, 4.69) is 16.0 Å². The first-order chi connectivity index (χ1) is 12.2. The quantitative estimate of drug-likeness (QED) is 0.712. The zero-order chi connectivity index (χ0) is 17.4. The second-order valence-electron chi connectivity index (χ2n) is 6.05. The van der Waals surface area contributed by atoms with Gasteiger partial charge in [-0.1, -0.05) is 0 Å². The molecule has 6 nitrogen and oxygen atoms in total. The number of anilines is 1. The van der Waals surface area contributed by atoms with Crippen molar-refractivity contribution in [1.29, 1.82) is 5.26 Å². The highest BCUT2D eigenvalue weighted by molar-refractivity contribution is 7.11. The lowest BCUT2D eigenvalue weighted by atomic mass is 10.1. The third kappa shape index (κ3) is 2.65. The number of piperazine rings is 1. The van der Waals surface area contributed by atoms with Gasteiger partial charge in [0.05, 0.1) is 29.3 Å². The molecular weight excluding hydrogens is 334 g/mol. The number of nitriles is 1. The highest BCUT2D eigenvalue weighted by Crippen LogP contribution is 2.26. The van der Waals surface area contributed by atoms with Gasteiger partial charge in [0.15, 0.2) is 0 Å². The number of imidazole rings is 1. The van der Waals surface area contributed by atoms with Crippen LogP contribution < -0.4 is 4.90 Å². The predicted molar refractivity (Wildman–Crippen MR) is 97.1 cm³/mol. The van der Waals surface area contributed by atoms with Crippen LogP contribution in [0.15, 0.2) is 36.1 Å². The number of thiophene rings is 1. The van der Waals surface area contributed by atoms with Gasteiger partial charge < -0.3 is 14.2 Å². The fourth-order valence-corrected chi connectivity index (χ4v) is 4.01. The van der Waals surface area contributed by atoms with Gasteiger partial charge in [-0.3, -0.25) is 4.79 Å². The van der Waals surface area contributed by atoms with Crippen molar-refractivity contribution in [2.45, 2.75) is 6.92 Å². The van der Waals surface area contributed by atoms with E-state index >= 15 is 0 Å². The third-order valence-electron chi connectivity index (χ3n) is 4.72. The summed E-state index contributed by atoms with van der Waals surface area (Å²) in [7, 11) is 0. The van der Waals surface area contributed by atoms with Crippen molar-refractivity contribution in [3.8, 4) is 6.07 Å². The summed E-state index contributed by atoms with van der Waals surface area (Å²) in [4.78, 5) is 21.9. The molecule has 25 heavy (non-hydrogen) atoms. The molecule has 0 aliphatic carbocycles. The number of hydrogen-bond donors (Lipinski definition) is 0. The molecule has 1 aliphatic heterocycles. The van der Waals surface area contributed by atoms with E-state index in [0.717, 1.165) is 34.9 Å². The second-order valence-corrected chi connectivity index (χ2v) is 6.96. The summed E-state index contributed by atoms with van der Waals surface area (Å²) in [6.45, 7) is 4.73. The Morgan fingerprint density at radius 2 is 2.04 bits per heavy atom. The minimum atomic E-state index is 0.0542. The standard InChI is InChI=1S/C18H17N5OS/c1-13-15(3-2-14-11-20-12-23(13)14)18(24)22-7-5-21(6-8-22)16-4-9-25-17(16)10-19/h2-4,9,11-12H,5-8H2,1H3.